The molecule has 3 aromatic rings. The van der Waals surface area contributed by atoms with Gasteiger partial charge in [-0.3, -0.25) is 9.78 Å². The number of hydrogen-bond donors (Lipinski definition) is 1. The van der Waals surface area contributed by atoms with Gasteiger partial charge >= 0.3 is 0 Å². The van der Waals surface area contributed by atoms with Crippen LogP contribution in [0.15, 0.2) is 55.0 Å². The van der Waals surface area contributed by atoms with Crippen LogP contribution in [-0.4, -0.2) is 15.9 Å². The first-order valence-corrected chi connectivity index (χ1v) is 8.23. The van der Waals surface area contributed by atoms with Crippen molar-refractivity contribution < 1.29 is 13.9 Å². The summed E-state index contributed by atoms with van der Waals surface area (Å²) in [5.74, 6) is -0.810. The van der Waals surface area contributed by atoms with Gasteiger partial charge in [-0.25, -0.2) is 9.37 Å². The lowest BCUT2D eigenvalue weighted by Crippen LogP contribution is -2.15. The maximum Gasteiger partial charge on any atom is 0.258 e. The lowest BCUT2D eigenvalue weighted by molar-refractivity contribution is 0.102. The van der Waals surface area contributed by atoms with Crippen LogP contribution in [0, 0.1) is 5.82 Å². The largest absolute Gasteiger partial charge is 0.485 e. The van der Waals surface area contributed by atoms with Crippen molar-refractivity contribution >= 4 is 34.9 Å². The zero-order valence-electron chi connectivity index (χ0n) is 13.2. The minimum Gasteiger partial charge on any atom is -0.485 e. The minimum atomic E-state index is -0.739. The summed E-state index contributed by atoms with van der Waals surface area (Å²) in [6, 6.07) is 9.10. The third-order valence-electron chi connectivity index (χ3n) is 3.40. The highest BCUT2D eigenvalue weighted by Gasteiger charge is 2.16. The SMILES string of the molecule is O=C(Nc1ncccc1OCc1ccncc1)c1cc(F)c(Cl)cc1Cl. The molecule has 132 valence electrons. The second-order valence-corrected chi connectivity index (χ2v) is 6.01. The van der Waals surface area contributed by atoms with Gasteiger partial charge in [-0.05, 0) is 42.0 Å². The van der Waals surface area contributed by atoms with Crippen molar-refractivity contribution in [1.82, 2.24) is 9.97 Å². The Morgan fingerprint density at radius 1 is 1.12 bits per heavy atom. The number of aromatic nitrogens is 2. The molecule has 0 atom stereocenters. The van der Waals surface area contributed by atoms with Crippen LogP contribution >= 0.6 is 23.2 Å². The Morgan fingerprint density at radius 2 is 1.88 bits per heavy atom. The van der Waals surface area contributed by atoms with Gasteiger partial charge in [0.15, 0.2) is 11.6 Å². The lowest BCUT2D eigenvalue weighted by Gasteiger charge is -2.12. The fourth-order valence-corrected chi connectivity index (χ4v) is 2.58. The van der Waals surface area contributed by atoms with Crippen molar-refractivity contribution in [2.75, 3.05) is 5.32 Å². The van der Waals surface area contributed by atoms with Crippen LogP contribution in [0.1, 0.15) is 15.9 Å². The number of hydrogen-bond acceptors (Lipinski definition) is 4. The summed E-state index contributed by atoms with van der Waals surface area (Å²) in [6.07, 6.45) is 4.81. The van der Waals surface area contributed by atoms with E-state index in [1.54, 1.807) is 24.5 Å². The van der Waals surface area contributed by atoms with Gasteiger partial charge in [0.05, 0.1) is 15.6 Å². The smallest absolute Gasteiger partial charge is 0.258 e. The highest BCUT2D eigenvalue weighted by molar-refractivity contribution is 6.37. The van der Waals surface area contributed by atoms with E-state index in [0.29, 0.717) is 5.75 Å². The number of amides is 1. The van der Waals surface area contributed by atoms with Gasteiger partial charge in [0, 0.05) is 18.6 Å². The molecule has 0 fully saturated rings. The van der Waals surface area contributed by atoms with Crippen molar-refractivity contribution in [3.05, 3.63) is 82.0 Å². The summed E-state index contributed by atoms with van der Waals surface area (Å²) in [5.41, 5.74) is 0.850. The number of rotatable bonds is 5. The molecule has 1 aromatic carbocycles. The van der Waals surface area contributed by atoms with Gasteiger partial charge in [0.2, 0.25) is 0 Å². The van der Waals surface area contributed by atoms with Crippen LogP contribution in [0.25, 0.3) is 0 Å². The second kappa shape index (κ2) is 8.12. The predicted molar refractivity (Wildman–Crippen MR) is 97.2 cm³/mol. The van der Waals surface area contributed by atoms with Gasteiger partial charge in [-0.1, -0.05) is 23.2 Å². The molecule has 5 nitrogen and oxygen atoms in total. The second-order valence-electron chi connectivity index (χ2n) is 5.19. The molecule has 0 aliphatic rings. The van der Waals surface area contributed by atoms with E-state index in [1.807, 2.05) is 12.1 Å². The summed E-state index contributed by atoms with van der Waals surface area (Å²) >= 11 is 11.6. The average Bonchev–Trinajstić information content (AvgIpc) is 2.64. The normalized spacial score (nSPS) is 10.4. The Kier molecular flexibility index (Phi) is 5.65. The van der Waals surface area contributed by atoms with E-state index in [9.17, 15) is 9.18 Å². The first-order chi connectivity index (χ1) is 12.5. The molecule has 0 saturated heterocycles. The van der Waals surface area contributed by atoms with Crippen molar-refractivity contribution in [2.45, 2.75) is 6.61 Å². The molecule has 0 radical (unpaired) electrons. The van der Waals surface area contributed by atoms with Gasteiger partial charge in [-0.15, -0.1) is 0 Å². The number of carbonyl (C=O) groups excluding carboxylic acids is 1. The van der Waals surface area contributed by atoms with Gasteiger partial charge in [-0.2, -0.15) is 0 Å². The Morgan fingerprint density at radius 3 is 2.65 bits per heavy atom. The molecule has 0 aliphatic carbocycles. The molecule has 2 aromatic heterocycles. The number of benzene rings is 1. The first kappa shape index (κ1) is 18.1. The maximum absolute atomic E-state index is 13.6. The maximum atomic E-state index is 13.6. The molecular weight excluding hydrogens is 380 g/mol. The molecule has 0 unspecified atom stereocenters. The Balaban J connectivity index is 1.78. The highest BCUT2D eigenvalue weighted by Crippen LogP contribution is 2.27. The number of nitrogens with one attached hydrogen (secondary N) is 1. The predicted octanol–water partition coefficient (Wildman–Crippen LogP) is 4.75. The third kappa shape index (κ3) is 4.28. The van der Waals surface area contributed by atoms with E-state index in [2.05, 4.69) is 15.3 Å². The van der Waals surface area contributed by atoms with E-state index in [0.717, 1.165) is 11.6 Å². The summed E-state index contributed by atoms with van der Waals surface area (Å²) in [7, 11) is 0. The topological polar surface area (TPSA) is 64.1 Å². The summed E-state index contributed by atoms with van der Waals surface area (Å²) in [4.78, 5) is 20.4. The highest BCUT2D eigenvalue weighted by atomic mass is 35.5. The van der Waals surface area contributed by atoms with Gasteiger partial charge in [0.25, 0.3) is 5.91 Å². The van der Waals surface area contributed by atoms with Gasteiger partial charge in [0.1, 0.15) is 12.4 Å². The molecule has 0 aliphatic heterocycles. The zero-order valence-corrected chi connectivity index (χ0v) is 14.8. The molecule has 8 heteroatoms. The van der Waals surface area contributed by atoms with E-state index in [1.165, 1.54) is 12.3 Å². The number of pyridine rings is 2. The lowest BCUT2D eigenvalue weighted by atomic mass is 10.2. The van der Waals surface area contributed by atoms with Crippen molar-refractivity contribution in [3.63, 3.8) is 0 Å². The molecule has 26 heavy (non-hydrogen) atoms. The summed E-state index contributed by atoms with van der Waals surface area (Å²) < 4.78 is 19.3. The number of halogens is 3. The summed E-state index contributed by atoms with van der Waals surface area (Å²) in [5, 5.41) is 2.44. The fraction of sp³-hybridized carbons (Fsp3) is 0.0556. The minimum absolute atomic E-state index is 0.0316. The molecule has 1 amide bonds. The van der Waals surface area contributed by atoms with Crippen LogP contribution in [0.3, 0.4) is 0 Å². The molecule has 2 heterocycles. The molecular formula is C18H12Cl2FN3O2. The van der Waals surface area contributed by atoms with Crippen LogP contribution in [0.2, 0.25) is 10.0 Å². The summed E-state index contributed by atoms with van der Waals surface area (Å²) in [6.45, 7) is 0.271. The van der Waals surface area contributed by atoms with E-state index >= 15 is 0 Å². The molecule has 1 N–H and O–H groups in total. The van der Waals surface area contributed by atoms with E-state index < -0.39 is 11.7 Å². The molecule has 0 spiro atoms. The Labute approximate surface area is 158 Å². The molecule has 3 rings (SSSR count). The number of carbonyl (C=O) groups is 1. The quantitative estimate of drug-likeness (QED) is 0.637. The van der Waals surface area contributed by atoms with Crippen LogP contribution in [-0.2, 0) is 6.61 Å². The number of nitrogens with zero attached hydrogens (tertiary/aromatic N) is 2. The average molecular weight is 392 g/mol. The van der Waals surface area contributed by atoms with Gasteiger partial charge < -0.3 is 10.1 Å². The first-order valence-electron chi connectivity index (χ1n) is 7.47. The van der Waals surface area contributed by atoms with Crippen molar-refractivity contribution in [2.24, 2.45) is 0 Å². The van der Waals surface area contributed by atoms with E-state index in [-0.39, 0.29) is 28.0 Å². The molecule has 0 bridgehead atoms. The zero-order chi connectivity index (χ0) is 18.5. The van der Waals surface area contributed by atoms with Crippen LogP contribution in [0.5, 0.6) is 5.75 Å². The fourth-order valence-electron chi connectivity index (χ4n) is 2.11. The Hall–Kier alpha value is -2.70. The monoisotopic (exact) mass is 391 g/mol. The number of anilines is 1. The number of ether oxygens (including phenoxy) is 1. The Bertz CT molecular complexity index is 939. The van der Waals surface area contributed by atoms with Crippen molar-refractivity contribution in [1.29, 1.82) is 0 Å². The van der Waals surface area contributed by atoms with Crippen LogP contribution < -0.4 is 10.1 Å². The standard InChI is InChI=1S/C18H12Cl2FN3O2/c19-13-9-14(20)15(21)8-12(13)18(25)24-17-16(2-1-5-23-17)26-10-11-3-6-22-7-4-11/h1-9H,10H2,(H,23,24,25). The van der Waals surface area contributed by atoms with E-state index in [4.69, 9.17) is 27.9 Å². The van der Waals surface area contributed by atoms with Crippen LogP contribution in [0.4, 0.5) is 10.2 Å². The molecule has 0 saturated carbocycles. The third-order valence-corrected chi connectivity index (χ3v) is 4.00. The van der Waals surface area contributed by atoms with Crippen molar-refractivity contribution in [3.8, 4) is 5.75 Å².